The number of hydrogen-bond donors (Lipinski definition) is 1. The molecule has 2 aromatic rings. The van der Waals surface area contributed by atoms with Gasteiger partial charge in [0, 0.05) is 19.5 Å². The summed E-state index contributed by atoms with van der Waals surface area (Å²) in [4.78, 5) is 27.1. The van der Waals surface area contributed by atoms with Gasteiger partial charge in [-0.25, -0.2) is 4.39 Å². The lowest BCUT2D eigenvalue weighted by Crippen LogP contribution is -2.41. The Morgan fingerprint density at radius 3 is 2.35 bits per heavy atom. The van der Waals surface area contributed by atoms with Gasteiger partial charge in [0.1, 0.15) is 11.9 Å². The number of aryl methyl sites for hydroxylation is 1. The van der Waals surface area contributed by atoms with E-state index in [0.29, 0.717) is 12.0 Å². The van der Waals surface area contributed by atoms with Crippen LogP contribution in [0.25, 0.3) is 0 Å². The topological polar surface area (TPSA) is 49.4 Å². The van der Waals surface area contributed by atoms with Gasteiger partial charge < -0.3 is 10.2 Å². The van der Waals surface area contributed by atoms with Gasteiger partial charge in [-0.05, 0) is 36.5 Å². The highest BCUT2D eigenvalue weighted by Crippen LogP contribution is 2.20. The Labute approximate surface area is 153 Å². The van der Waals surface area contributed by atoms with E-state index in [-0.39, 0.29) is 24.1 Å². The Hall–Kier alpha value is -2.69. The quantitative estimate of drug-likeness (QED) is 0.866. The van der Waals surface area contributed by atoms with Crippen molar-refractivity contribution in [1.82, 2.24) is 10.2 Å². The van der Waals surface area contributed by atoms with Gasteiger partial charge in [0.15, 0.2) is 0 Å². The van der Waals surface area contributed by atoms with Crippen LogP contribution in [0.2, 0.25) is 0 Å². The van der Waals surface area contributed by atoms with Crippen molar-refractivity contribution >= 4 is 11.8 Å². The van der Waals surface area contributed by atoms with Crippen LogP contribution in [0.4, 0.5) is 4.39 Å². The molecule has 4 nitrogen and oxygen atoms in total. The minimum Gasteiger partial charge on any atom is -0.341 e. The van der Waals surface area contributed by atoms with E-state index in [2.05, 4.69) is 5.32 Å². The van der Waals surface area contributed by atoms with E-state index in [1.807, 2.05) is 30.3 Å². The zero-order valence-electron chi connectivity index (χ0n) is 14.7. The Morgan fingerprint density at radius 1 is 1.00 bits per heavy atom. The van der Waals surface area contributed by atoms with Crippen molar-refractivity contribution in [3.63, 3.8) is 0 Å². The number of nitrogens with one attached hydrogen (secondary N) is 1. The molecule has 3 rings (SSSR count). The lowest BCUT2D eigenvalue weighted by molar-refractivity contribution is -0.135. The molecule has 0 saturated carbocycles. The first-order chi connectivity index (χ1) is 12.6. The fourth-order valence-electron chi connectivity index (χ4n) is 3.24. The van der Waals surface area contributed by atoms with Crippen molar-refractivity contribution in [2.75, 3.05) is 13.1 Å². The molecule has 2 aromatic carbocycles. The van der Waals surface area contributed by atoms with Gasteiger partial charge in [0.2, 0.25) is 11.8 Å². The van der Waals surface area contributed by atoms with Crippen molar-refractivity contribution in [3.05, 3.63) is 71.5 Å². The molecule has 0 radical (unpaired) electrons. The number of carbonyl (C=O) groups excluding carboxylic acids is 2. The highest BCUT2D eigenvalue weighted by molar-refractivity contribution is 5.88. The molecule has 1 N–H and O–H groups in total. The second-order valence-corrected chi connectivity index (χ2v) is 6.54. The number of amides is 2. The van der Waals surface area contributed by atoms with Crippen LogP contribution >= 0.6 is 0 Å². The monoisotopic (exact) mass is 354 g/mol. The van der Waals surface area contributed by atoms with E-state index in [1.54, 1.807) is 23.1 Å². The minimum absolute atomic E-state index is 0.0760. The third-order valence-corrected chi connectivity index (χ3v) is 4.68. The van der Waals surface area contributed by atoms with E-state index >= 15 is 0 Å². The number of hydrogen-bond acceptors (Lipinski definition) is 2. The summed E-state index contributed by atoms with van der Waals surface area (Å²) in [6, 6.07) is 15.0. The molecule has 1 aliphatic rings. The number of benzene rings is 2. The van der Waals surface area contributed by atoms with Crippen LogP contribution < -0.4 is 5.32 Å². The van der Waals surface area contributed by atoms with E-state index in [1.165, 1.54) is 6.07 Å². The summed E-state index contributed by atoms with van der Waals surface area (Å²) >= 11 is 0. The van der Waals surface area contributed by atoms with Gasteiger partial charge >= 0.3 is 0 Å². The molecule has 0 aromatic heterocycles. The molecule has 1 fully saturated rings. The van der Waals surface area contributed by atoms with Crippen molar-refractivity contribution in [2.45, 2.75) is 31.7 Å². The average molecular weight is 354 g/mol. The second-order valence-electron chi connectivity index (χ2n) is 6.54. The third kappa shape index (κ3) is 4.48. The highest BCUT2D eigenvalue weighted by atomic mass is 19.1. The summed E-state index contributed by atoms with van der Waals surface area (Å²) in [5.41, 5.74) is 1.27. The molecule has 1 heterocycles. The maximum absolute atomic E-state index is 13.7. The molecular weight excluding hydrogens is 331 g/mol. The van der Waals surface area contributed by atoms with Crippen molar-refractivity contribution in [1.29, 1.82) is 0 Å². The number of likely N-dealkylation sites (tertiary alicyclic amines) is 1. The Bertz CT molecular complexity index is 758. The number of carbonyl (C=O) groups is 2. The predicted molar refractivity (Wildman–Crippen MR) is 97.9 cm³/mol. The zero-order valence-corrected chi connectivity index (χ0v) is 14.7. The van der Waals surface area contributed by atoms with Crippen LogP contribution in [0.3, 0.4) is 0 Å². The van der Waals surface area contributed by atoms with Gasteiger partial charge in [-0.15, -0.1) is 0 Å². The van der Waals surface area contributed by atoms with Crippen LogP contribution in [0.5, 0.6) is 0 Å². The molecule has 1 aliphatic heterocycles. The van der Waals surface area contributed by atoms with Gasteiger partial charge in [0.25, 0.3) is 0 Å². The first kappa shape index (κ1) is 18.1. The van der Waals surface area contributed by atoms with Crippen LogP contribution in [0.15, 0.2) is 54.6 Å². The Morgan fingerprint density at radius 2 is 1.65 bits per heavy atom. The van der Waals surface area contributed by atoms with E-state index in [4.69, 9.17) is 0 Å². The summed E-state index contributed by atoms with van der Waals surface area (Å²) < 4.78 is 13.7. The van der Waals surface area contributed by atoms with E-state index < -0.39 is 6.04 Å². The molecule has 1 unspecified atom stereocenters. The zero-order chi connectivity index (χ0) is 18.4. The molecule has 26 heavy (non-hydrogen) atoms. The van der Waals surface area contributed by atoms with Gasteiger partial charge in [-0.3, -0.25) is 9.59 Å². The summed E-state index contributed by atoms with van der Waals surface area (Å²) in [5.74, 6) is -0.643. The maximum Gasteiger partial charge on any atom is 0.249 e. The largest absolute Gasteiger partial charge is 0.341 e. The second kappa shape index (κ2) is 8.61. The number of halogens is 1. The van der Waals surface area contributed by atoms with Crippen molar-refractivity contribution in [3.8, 4) is 0 Å². The maximum atomic E-state index is 13.7. The van der Waals surface area contributed by atoms with Crippen molar-refractivity contribution < 1.29 is 14.0 Å². The molecule has 1 saturated heterocycles. The van der Waals surface area contributed by atoms with E-state index in [9.17, 15) is 14.0 Å². The molecule has 1 atom stereocenters. The van der Waals surface area contributed by atoms with Gasteiger partial charge in [-0.1, -0.05) is 48.5 Å². The lowest BCUT2D eigenvalue weighted by atomic mass is 10.0. The molecule has 0 aliphatic carbocycles. The van der Waals surface area contributed by atoms with Gasteiger partial charge in [-0.2, -0.15) is 0 Å². The minimum atomic E-state index is -0.692. The first-order valence-electron chi connectivity index (χ1n) is 9.01. The molecule has 0 bridgehead atoms. The van der Waals surface area contributed by atoms with Crippen LogP contribution in [-0.2, 0) is 16.0 Å². The van der Waals surface area contributed by atoms with Crippen LogP contribution in [0, 0.1) is 5.82 Å². The molecule has 5 heteroatoms. The molecular formula is C21H23FN2O2. The molecule has 0 spiro atoms. The Kier molecular flexibility index (Phi) is 6.00. The predicted octanol–water partition coefficient (Wildman–Crippen LogP) is 3.24. The average Bonchev–Trinajstić information content (AvgIpc) is 3.20. The first-order valence-corrected chi connectivity index (χ1v) is 9.01. The fourth-order valence-corrected chi connectivity index (χ4v) is 3.24. The molecule has 136 valence electrons. The summed E-state index contributed by atoms with van der Waals surface area (Å²) in [5, 5.41) is 2.85. The van der Waals surface area contributed by atoms with E-state index in [0.717, 1.165) is 31.5 Å². The normalized spacial score (nSPS) is 14.9. The SMILES string of the molecule is O=C(CCc1ccccc1F)NC(C(=O)N1CCCC1)c1ccccc1. The summed E-state index contributed by atoms with van der Waals surface area (Å²) in [7, 11) is 0. The van der Waals surface area contributed by atoms with Gasteiger partial charge in [0.05, 0.1) is 0 Å². The summed E-state index contributed by atoms with van der Waals surface area (Å²) in [6.45, 7) is 1.46. The third-order valence-electron chi connectivity index (χ3n) is 4.68. The number of rotatable bonds is 6. The van der Waals surface area contributed by atoms with Crippen molar-refractivity contribution in [2.24, 2.45) is 0 Å². The van der Waals surface area contributed by atoms with Crippen LogP contribution in [-0.4, -0.2) is 29.8 Å². The lowest BCUT2D eigenvalue weighted by Gasteiger charge is -2.24. The number of nitrogens with zero attached hydrogens (tertiary/aromatic N) is 1. The fraction of sp³-hybridized carbons (Fsp3) is 0.333. The standard InChI is InChI=1S/C21H23FN2O2/c22-18-11-5-4-8-16(18)12-13-19(25)23-20(17-9-2-1-3-10-17)21(26)24-14-6-7-15-24/h1-5,8-11,20H,6-7,12-15H2,(H,23,25). The van der Waals surface area contributed by atoms with Crippen LogP contribution in [0.1, 0.15) is 36.4 Å². The summed E-state index contributed by atoms with van der Waals surface area (Å²) in [6.07, 6.45) is 2.43. The Balaban J connectivity index is 1.68. The smallest absolute Gasteiger partial charge is 0.249 e. The molecule has 2 amide bonds. The highest BCUT2D eigenvalue weighted by Gasteiger charge is 2.28.